The molecule has 2 fully saturated rings. The van der Waals surface area contributed by atoms with E-state index in [2.05, 4.69) is 0 Å². The molecule has 0 bridgehead atoms. The van der Waals surface area contributed by atoms with E-state index in [0.29, 0.717) is 47.3 Å². The van der Waals surface area contributed by atoms with Crippen LogP contribution in [0.3, 0.4) is 0 Å². The molecule has 2 atom stereocenters. The number of rotatable bonds is 13. The molecule has 10 heteroatoms. The molecule has 0 spiro atoms. The highest BCUT2D eigenvalue weighted by molar-refractivity contribution is 5.95. The van der Waals surface area contributed by atoms with Gasteiger partial charge in [-0.15, -0.1) is 0 Å². The van der Waals surface area contributed by atoms with Gasteiger partial charge in [0.2, 0.25) is 0 Å². The minimum absolute atomic E-state index is 0.0824. The van der Waals surface area contributed by atoms with Crippen LogP contribution in [0.25, 0.3) is 0 Å². The molecular weight excluding hydrogens is 520 g/mol. The quantitative estimate of drug-likeness (QED) is 0.255. The lowest BCUT2D eigenvalue weighted by molar-refractivity contribution is -0.141. The Labute approximate surface area is 234 Å². The molecule has 218 valence electrons. The Morgan fingerprint density at radius 2 is 1.07 bits per heavy atom. The normalized spacial score (nSPS) is 21.1. The van der Waals surface area contributed by atoms with Gasteiger partial charge >= 0.3 is 0 Å². The van der Waals surface area contributed by atoms with Gasteiger partial charge in [0, 0.05) is 11.1 Å². The van der Waals surface area contributed by atoms with E-state index in [1.807, 2.05) is 27.7 Å². The Morgan fingerprint density at radius 1 is 0.675 bits per heavy atom. The number of Topliss-reactive ketones (excluding diaryl/α,β-unsaturated/α-hetero) is 2. The summed E-state index contributed by atoms with van der Waals surface area (Å²) in [5, 5.41) is 0. The number of ether oxygens (including phenoxy) is 8. The van der Waals surface area contributed by atoms with Crippen LogP contribution in [0.5, 0.6) is 23.0 Å². The molecule has 0 aromatic heterocycles. The molecular formula is C30H38O10. The average molecular weight is 559 g/mol. The summed E-state index contributed by atoms with van der Waals surface area (Å²) >= 11 is 0. The van der Waals surface area contributed by atoms with Gasteiger partial charge in [0.05, 0.1) is 13.2 Å². The third-order valence-corrected chi connectivity index (χ3v) is 6.28. The summed E-state index contributed by atoms with van der Waals surface area (Å²) in [6.45, 7) is 12.1. The summed E-state index contributed by atoms with van der Waals surface area (Å²) in [5.74, 6) is 0.307. The summed E-state index contributed by atoms with van der Waals surface area (Å²) in [7, 11) is 0. The molecule has 2 aromatic rings. The van der Waals surface area contributed by atoms with Crippen LogP contribution >= 0.6 is 0 Å². The van der Waals surface area contributed by atoms with Gasteiger partial charge in [0.25, 0.3) is 0 Å². The Balaban J connectivity index is 1.36. The zero-order valence-corrected chi connectivity index (χ0v) is 23.9. The van der Waals surface area contributed by atoms with E-state index in [-0.39, 0.29) is 50.2 Å². The monoisotopic (exact) mass is 558 g/mol. The van der Waals surface area contributed by atoms with Crippen molar-refractivity contribution in [3.8, 4) is 23.0 Å². The molecule has 0 amide bonds. The maximum absolute atomic E-state index is 11.9. The van der Waals surface area contributed by atoms with Crippen molar-refractivity contribution in [1.82, 2.24) is 0 Å². The van der Waals surface area contributed by atoms with Gasteiger partial charge in [-0.2, -0.15) is 0 Å². The van der Waals surface area contributed by atoms with Crippen molar-refractivity contribution >= 4 is 11.6 Å². The van der Waals surface area contributed by atoms with Crippen LogP contribution in [-0.2, 0) is 18.9 Å². The van der Waals surface area contributed by atoms with Gasteiger partial charge in [-0.1, -0.05) is 0 Å². The van der Waals surface area contributed by atoms with Crippen molar-refractivity contribution in [3.63, 3.8) is 0 Å². The first kappa shape index (κ1) is 29.8. The fourth-order valence-corrected chi connectivity index (χ4v) is 4.28. The maximum Gasteiger partial charge on any atom is 0.163 e. The smallest absolute Gasteiger partial charge is 0.163 e. The number of benzene rings is 2. The fourth-order valence-electron chi connectivity index (χ4n) is 4.28. The predicted molar refractivity (Wildman–Crippen MR) is 145 cm³/mol. The summed E-state index contributed by atoms with van der Waals surface area (Å²) < 4.78 is 46.7. The van der Waals surface area contributed by atoms with E-state index < -0.39 is 11.6 Å². The highest BCUT2D eigenvalue weighted by Crippen LogP contribution is 2.32. The molecule has 0 aliphatic carbocycles. The lowest BCUT2D eigenvalue weighted by Gasteiger charge is -2.19. The standard InChI is InChI=1S/C30H38O10/c1-19(31)21-7-9-25(27(13-21)35-15-23-17-37-29(3,4)39-23)33-11-12-34-26-10-8-22(20(2)32)14-28(26)36-16-24-18-38-30(5,6)40-24/h7-10,13-14,23-24H,11-12,15-18H2,1-6H3. The van der Waals surface area contributed by atoms with E-state index in [1.54, 1.807) is 36.4 Å². The summed E-state index contributed by atoms with van der Waals surface area (Å²) in [5.41, 5.74) is 1.02. The second-order valence-corrected chi connectivity index (χ2v) is 10.7. The minimum atomic E-state index is -0.661. The summed E-state index contributed by atoms with van der Waals surface area (Å²) in [6.07, 6.45) is -0.480. The van der Waals surface area contributed by atoms with Crippen LogP contribution in [0, 0.1) is 0 Å². The second-order valence-electron chi connectivity index (χ2n) is 10.7. The first-order chi connectivity index (χ1) is 18.9. The van der Waals surface area contributed by atoms with Gasteiger partial charge < -0.3 is 37.9 Å². The van der Waals surface area contributed by atoms with E-state index in [9.17, 15) is 9.59 Å². The van der Waals surface area contributed by atoms with Crippen molar-refractivity contribution < 1.29 is 47.5 Å². The Kier molecular flexibility index (Phi) is 9.35. The van der Waals surface area contributed by atoms with Crippen molar-refractivity contribution in [2.24, 2.45) is 0 Å². The average Bonchev–Trinajstić information content (AvgIpc) is 3.44. The third kappa shape index (κ3) is 8.17. The van der Waals surface area contributed by atoms with Crippen molar-refractivity contribution in [2.45, 2.75) is 65.3 Å². The number of carbonyl (C=O) groups is 2. The van der Waals surface area contributed by atoms with E-state index >= 15 is 0 Å². The highest BCUT2D eigenvalue weighted by atomic mass is 16.8. The SMILES string of the molecule is CC(=O)c1ccc(OCCOc2ccc(C(C)=O)cc2OCC2COC(C)(C)O2)c(OCC2COC(C)(C)O2)c1. The van der Waals surface area contributed by atoms with E-state index in [0.717, 1.165) is 0 Å². The van der Waals surface area contributed by atoms with Crippen LogP contribution in [0.1, 0.15) is 62.3 Å². The topological polar surface area (TPSA) is 108 Å². The second kappa shape index (κ2) is 12.6. The van der Waals surface area contributed by atoms with Crippen molar-refractivity contribution in [3.05, 3.63) is 47.5 Å². The molecule has 0 saturated carbocycles. The first-order valence-electron chi connectivity index (χ1n) is 13.4. The molecule has 0 radical (unpaired) electrons. The molecule has 2 aliphatic rings. The van der Waals surface area contributed by atoms with E-state index in [4.69, 9.17) is 37.9 Å². The van der Waals surface area contributed by atoms with E-state index in [1.165, 1.54) is 13.8 Å². The summed E-state index contributed by atoms with van der Waals surface area (Å²) in [4.78, 5) is 23.9. The van der Waals surface area contributed by atoms with Gasteiger partial charge in [-0.25, -0.2) is 0 Å². The highest BCUT2D eigenvalue weighted by Gasteiger charge is 2.34. The molecule has 4 rings (SSSR count). The molecule has 2 unspecified atom stereocenters. The van der Waals surface area contributed by atoms with Crippen LogP contribution in [-0.4, -0.2) is 75.0 Å². The van der Waals surface area contributed by atoms with Gasteiger partial charge in [-0.3, -0.25) is 9.59 Å². The molecule has 10 nitrogen and oxygen atoms in total. The first-order valence-corrected chi connectivity index (χ1v) is 13.4. The van der Waals surface area contributed by atoms with Crippen LogP contribution in [0.4, 0.5) is 0 Å². The lowest BCUT2D eigenvalue weighted by atomic mass is 10.1. The van der Waals surface area contributed by atoms with Crippen molar-refractivity contribution in [2.75, 3.05) is 39.6 Å². The maximum atomic E-state index is 11.9. The third-order valence-electron chi connectivity index (χ3n) is 6.28. The molecule has 0 N–H and O–H groups in total. The van der Waals surface area contributed by atoms with Crippen molar-refractivity contribution in [1.29, 1.82) is 0 Å². The number of ketones is 2. The van der Waals surface area contributed by atoms with Crippen LogP contribution in [0.2, 0.25) is 0 Å². The largest absolute Gasteiger partial charge is 0.487 e. The van der Waals surface area contributed by atoms with Gasteiger partial charge in [0.1, 0.15) is 38.6 Å². The lowest BCUT2D eigenvalue weighted by Crippen LogP contribution is -2.25. The number of hydrogen-bond donors (Lipinski definition) is 0. The zero-order chi connectivity index (χ0) is 28.9. The molecule has 2 heterocycles. The fraction of sp³-hybridized carbons (Fsp3) is 0.533. The minimum Gasteiger partial charge on any atom is -0.487 e. The van der Waals surface area contributed by atoms with Gasteiger partial charge in [0.15, 0.2) is 46.1 Å². The summed E-state index contributed by atoms with van der Waals surface area (Å²) in [6, 6.07) is 10.1. The van der Waals surface area contributed by atoms with Crippen LogP contribution in [0.15, 0.2) is 36.4 Å². The molecule has 40 heavy (non-hydrogen) atoms. The molecule has 2 saturated heterocycles. The predicted octanol–water partition coefficient (Wildman–Crippen LogP) is 4.61. The zero-order valence-electron chi connectivity index (χ0n) is 23.9. The molecule has 2 aliphatic heterocycles. The van der Waals surface area contributed by atoms with Crippen LogP contribution < -0.4 is 18.9 Å². The van der Waals surface area contributed by atoms with Gasteiger partial charge in [-0.05, 0) is 77.9 Å². The Bertz CT molecular complexity index is 1110. The Morgan fingerprint density at radius 3 is 1.40 bits per heavy atom. The number of carbonyl (C=O) groups excluding carboxylic acids is 2. The molecule has 2 aromatic carbocycles. The number of hydrogen-bond acceptors (Lipinski definition) is 10. The Hall–Kier alpha value is -3.18.